The van der Waals surface area contributed by atoms with Crippen molar-refractivity contribution in [2.24, 2.45) is 0 Å². The first-order valence-corrected chi connectivity index (χ1v) is 13.7. The van der Waals surface area contributed by atoms with Crippen LogP contribution < -0.4 is 0 Å². The van der Waals surface area contributed by atoms with Gasteiger partial charge in [-0.15, -0.1) is 11.3 Å². The van der Waals surface area contributed by atoms with Crippen LogP contribution in [0.4, 0.5) is 4.39 Å². The quantitative estimate of drug-likeness (QED) is 0.258. The van der Waals surface area contributed by atoms with Crippen molar-refractivity contribution < 1.29 is 14.0 Å². The van der Waals surface area contributed by atoms with E-state index in [0.29, 0.717) is 19.5 Å². The maximum absolute atomic E-state index is 13.4. The minimum atomic E-state index is -0.286. The largest absolute Gasteiger partial charge is 0.332 e. The molecule has 0 unspecified atom stereocenters. The predicted molar refractivity (Wildman–Crippen MR) is 137 cm³/mol. The number of rotatable bonds is 15. The predicted octanol–water partition coefficient (Wildman–Crippen LogP) is 6.86. The van der Waals surface area contributed by atoms with Crippen molar-refractivity contribution >= 4 is 23.2 Å². The topological polar surface area (TPSA) is 40.6 Å². The second-order valence-electron chi connectivity index (χ2n) is 9.53. The van der Waals surface area contributed by atoms with Crippen molar-refractivity contribution in [3.63, 3.8) is 0 Å². The maximum Gasteiger partial charge on any atom is 0.242 e. The zero-order chi connectivity index (χ0) is 24.3. The molecule has 2 aromatic rings. The highest BCUT2D eigenvalue weighted by Crippen LogP contribution is 2.28. The van der Waals surface area contributed by atoms with Gasteiger partial charge in [0.15, 0.2) is 0 Å². The number of benzene rings is 1. The van der Waals surface area contributed by atoms with E-state index in [0.717, 1.165) is 41.7 Å². The van der Waals surface area contributed by atoms with Crippen LogP contribution in [0, 0.1) is 12.7 Å². The fourth-order valence-corrected chi connectivity index (χ4v) is 5.13. The average molecular weight is 487 g/mol. The molecule has 4 nitrogen and oxygen atoms in total. The number of carbonyl (C=O) groups excluding carboxylic acids is 2. The van der Waals surface area contributed by atoms with Gasteiger partial charge >= 0.3 is 0 Å². The van der Waals surface area contributed by atoms with E-state index in [1.165, 1.54) is 44.2 Å². The molecule has 1 aromatic carbocycles. The van der Waals surface area contributed by atoms with Gasteiger partial charge in [-0.3, -0.25) is 9.59 Å². The van der Waals surface area contributed by atoms with Crippen LogP contribution in [0.1, 0.15) is 87.1 Å². The summed E-state index contributed by atoms with van der Waals surface area (Å²) in [6.45, 7) is 5.31. The lowest BCUT2D eigenvalue weighted by Crippen LogP contribution is -2.43. The monoisotopic (exact) mass is 486 g/mol. The molecule has 1 aromatic heterocycles. The number of thiophene rings is 1. The van der Waals surface area contributed by atoms with Crippen LogP contribution in [0.3, 0.4) is 0 Å². The molecule has 0 spiro atoms. The van der Waals surface area contributed by atoms with Gasteiger partial charge in [-0.2, -0.15) is 0 Å². The van der Waals surface area contributed by atoms with E-state index >= 15 is 0 Å². The Balaban J connectivity index is 1.59. The molecule has 1 aliphatic carbocycles. The van der Waals surface area contributed by atoms with E-state index in [-0.39, 0.29) is 30.2 Å². The minimum Gasteiger partial charge on any atom is -0.332 e. The number of unbranched alkanes of at least 4 members (excludes halogenated alkanes) is 6. The summed E-state index contributed by atoms with van der Waals surface area (Å²) >= 11 is 1.64. The first-order chi connectivity index (χ1) is 16.5. The first-order valence-electron chi connectivity index (χ1n) is 12.8. The lowest BCUT2D eigenvalue weighted by molar-refractivity contribution is -0.141. The van der Waals surface area contributed by atoms with E-state index in [1.807, 2.05) is 15.2 Å². The summed E-state index contributed by atoms with van der Waals surface area (Å²) in [4.78, 5) is 31.2. The molecule has 3 rings (SSSR count). The summed E-state index contributed by atoms with van der Waals surface area (Å²) in [6.07, 6.45) is 10.7. The van der Waals surface area contributed by atoms with E-state index in [9.17, 15) is 14.0 Å². The molecule has 1 heterocycles. The molecule has 1 saturated carbocycles. The molecule has 6 heteroatoms. The summed E-state index contributed by atoms with van der Waals surface area (Å²) in [7, 11) is 0. The fraction of sp³-hybridized carbons (Fsp3) is 0.571. The summed E-state index contributed by atoms with van der Waals surface area (Å²) in [5.41, 5.74) is 2.05. The number of nitrogens with zero attached hydrogens (tertiary/aromatic N) is 2. The maximum atomic E-state index is 13.4. The van der Waals surface area contributed by atoms with E-state index < -0.39 is 0 Å². The highest BCUT2D eigenvalue weighted by Gasteiger charge is 2.34. The van der Waals surface area contributed by atoms with Crippen LogP contribution in [0.25, 0.3) is 0 Å². The molecule has 0 radical (unpaired) electrons. The Labute approximate surface area is 208 Å². The molecule has 1 aliphatic rings. The summed E-state index contributed by atoms with van der Waals surface area (Å²) in [5, 5.41) is 2.04. The molecule has 0 aliphatic heterocycles. The second kappa shape index (κ2) is 13.6. The van der Waals surface area contributed by atoms with Crippen LogP contribution in [0.15, 0.2) is 35.7 Å². The van der Waals surface area contributed by atoms with E-state index in [2.05, 4.69) is 19.9 Å². The first kappa shape index (κ1) is 26.4. The number of hydrogen-bond acceptors (Lipinski definition) is 3. The Morgan fingerprint density at radius 3 is 2.24 bits per heavy atom. The number of halogens is 1. The average Bonchev–Trinajstić information content (AvgIpc) is 3.59. The van der Waals surface area contributed by atoms with Crippen LogP contribution in [-0.2, 0) is 22.7 Å². The third-order valence-corrected chi connectivity index (χ3v) is 7.56. The number of amides is 2. The zero-order valence-electron chi connectivity index (χ0n) is 20.7. The van der Waals surface area contributed by atoms with Crippen molar-refractivity contribution in [3.8, 4) is 0 Å². The van der Waals surface area contributed by atoms with Gasteiger partial charge in [0.2, 0.25) is 11.8 Å². The van der Waals surface area contributed by atoms with Gasteiger partial charge in [0.05, 0.1) is 6.54 Å². The standard InChI is InChI=1S/C28H39FN2O2S/c1-3-4-5-6-7-8-9-10-27(32)31(25-15-16-25)21-28(33)30(20-26-22(2)17-18-34-26)19-23-11-13-24(29)14-12-23/h11-14,17-18,25H,3-10,15-16,19-21H2,1-2H3. The SMILES string of the molecule is CCCCCCCCCC(=O)N(CC(=O)N(Cc1ccc(F)cc1)Cc1sccc1C)C1CC1. The summed E-state index contributed by atoms with van der Waals surface area (Å²) < 4.78 is 13.4. The van der Waals surface area contributed by atoms with Crippen LogP contribution in [0.5, 0.6) is 0 Å². The number of aryl methyl sites for hydroxylation is 1. The Hall–Kier alpha value is -2.21. The summed E-state index contributed by atoms with van der Waals surface area (Å²) in [6, 6.07) is 8.57. The van der Waals surface area contributed by atoms with Gasteiger partial charge in [0, 0.05) is 23.9 Å². The van der Waals surface area contributed by atoms with Crippen molar-refractivity contribution in [1.29, 1.82) is 0 Å². The lowest BCUT2D eigenvalue weighted by atomic mass is 10.1. The van der Waals surface area contributed by atoms with E-state index in [4.69, 9.17) is 0 Å². The van der Waals surface area contributed by atoms with Crippen molar-refractivity contribution in [2.45, 2.75) is 97.2 Å². The third-order valence-electron chi connectivity index (χ3n) is 6.55. The lowest BCUT2D eigenvalue weighted by Gasteiger charge is -2.28. The molecule has 1 fully saturated rings. The minimum absolute atomic E-state index is 0.0445. The highest BCUT2D eigenvalue weighted by atomic mass is 32.1. The molecule has 2 amide bonds. The Morgan fingerprint density at radius 1 is 0.941 bits per heavy atom. The van der Waals surface area contributed by atoms with Crippen LogP contribution in [-0.4, -0.2) is 34.2 Å². The normalized spacial score (nSPS) is 13.1. The van der Waals surface area contributed by atoms with Crippen LogP contribution >= 0.6 is 11.3 Å². The summed E-state index contributed by atoms with van der Waals surface area (Å²) in [5.74, 6) is -0.220. The molecule has 0 atom stereocenters. The zero-order valence-corrected chi connectivity index (χ0v) is 21.5. The fourth-order valence-electron chi connectivity index (χ4n) is 4.21. The van der Waals surface area contributed by atoms with Crippen molar-refractivity contribution in [1.82, 2.24) is 9.80 Å². The molecule has 0 saturated heterocycles. The van der Waals surface area contributed by atoms with Crippen molar-refractivity contribution in [2.75, 3.05) is 6.54 Å². The highest BCUT2D eigenvalue weighted by molar-refractivity contribution is 7.10. The molecular formula is C28H39FN2O2S. The van der Waals surface area contributed by atoms with E-state index in [1.54, 1.807) is 23.5 Å². The second-order valence-corrected chi connectivity index (χ2v) is 10.5. The Kier molecular flexibility index (Phi) is 10.6. The van der Waals surface area contributed by atoms with Gasteiger partial charge in [-0.1, -0.05) is 57.6 Å². The van der Waals surface area contributed by atoms with Gasteiger partial charge in [-0.05, 0) is 60.9 Å². The Bertz CT molecular complexity index is 907. The molecule has 0 N–H and O–H groups in total. The van der Waals surface area contributed by atoms with Gasteiger partial charge < -0.3 is 9.80 Å². The van der Waals surface area contributed by atoms with Gasteiger partial charge in [-0.25, -0.2) is 4.39 Å². The number of hydrogen-bond donors (Lipinski definition) is 0. The van der Waals surface area contributed by atoms with Crippen molar-refractivity contribution in [3.05, 3.63) is 57.5 Å². The molecule has 186 valence electrons. The van der Waals surface area contributed by atoms with Gasteiger partial charge in [0.25, 0.3) is 0 Å². The number of carbonyl (C=O) groups is 2. The molecule has 34 heavy (non-hydrogen) atoms. The Morgan fingerprint density at radius 2 is 1.62 bits per heavy atom. The molecular weight excluding hydrogens is 447 g/mol. The third kappa shape index (κ3) is 8.53. The molecule has 0 bridgehead atoms. The smallest absolute Gasteiger partial charge is 0.242 e. The van der Waals surface area contributed by atoms with Crippen LogP contribution in [0.2, 0.25) is 0 Å². The van der Waals surface area contributed by atoms with Gasteiger partial charge in [0.1, 0.15) is 12.4 Å².